The Morgan fingerprint density at radius 3 is 2.41 bits per heavy atom. The molecule has 0 saturated carbocycles. The summed E-state index contributed by atoms with van der Waals surface area (Å²) in [6.45, 7) is 9.47. The van der Waals surface area contributed by atoms with Crippen LogP contribution in [0.25, 0.3) is 0 Å². The summed E-state index contributed by atoms with van der Waals surface area (Å²) < 4.78 is 0. The molecule has 3 nitrogen and oxygen atoms in total. The Morgan fingerprint density at radius 2 is 1.88 bits per heavy atom. The maximum Gasteiger partial charge on any atom is 0.242 e. The first-order valence-electron chi connectivity index (χ1n) is 7.05. The smallest absolute Gasteiger partial charge is 0.242 e. The number of piperidine rings is 2. The quantitative estimate of drug-likeness (QED) is 0.758. The third-order valence-electron chi connectivity index (χ3n) is 4.25. The van der Waals surface area contributed by atoms with E-state index in [2.05, 4.69) is 31.0 Å². The van der Waals surface area contributed by atoms with Crippen LogP contribution in [0.3, 0.4) is 0 Å². The van der Waals surface area contributed by atoms with Crippen molar-refractivity contribution in [2.75, 3.05) is 19.6 Å². The maximum atomic E-state index is 12.6. The van der Waals surface area contributed by atoms with E-state index in [0.717, 1.165) is 26.1 Å². The van der Waals surface area contributed by atoms with Crippen LogP contribution >= 0.6 is 0 Å². The Morgan fingerprint density at radius 1 is 1.24 bits per heavy atom. The van der Waals surface area contributed by atoms with E-state index in [0.29, 0.717) is 17.7 Å². The average Bonchev–Trinajstić information content (AvgIpc) is 2.27. The minimum absolute atomic E-state index is 0.297. The number of nitrogens with zero attached hydrogens (tertiary/aromatic N) is 1. The molecule has 0 radical (unpaired) electrons. The fraction of sp³-hybridized carbons (Fsp3) is 0.929. The molecule has 2 aliphatic heterocycles. The number of carbonyl (C=O) groups is 1. The predicted molar refractivity (Wildman–Crippen MR) is 69.8 cm³/mol. The molecule has 2 rings (SSSR count). The van der Waals surface area contributed by atoms with Gasteiger partial charge >= 0.3 is 0 Å². The first kappa shape index (κ1) is 12.9. The van der Waals surface area contributed by atoms with Gasteiger partial charge in [-0.25, -0.2) is 0 Å². The van der Waals surface area contributed by atoms with Crippen LogP contribution in [-0.2, 0) is 4.79 Å². The lowest BCUT2D eigenvalue weighted by atomic mass is 9.86. The van der Waals surface area contributed by atoms with Crippen LogP contribution in [0.15, 0.2) is 0 Å². The van der Waals surface area contributed by atoms with Crippen LogP contribution in [0.5, 0.6) is 0 Å². The molecule has 0 spiro atoms. The molecule has 3 unspecified atom stereocenters. The van der Waals surface area contributed by atoms with Crippen molar-refractivity contribution in [2.24, 2.45) is 11.8 Å². The summed E-state index contributed by atoms with van der Waals surface area (Å²) in [4.78, 5) is 14.7. The van der Waals surface area contributed by atoms with E-state index in [1.54, 1.807) is 0 Å². The van der Waals surface area contributed by atoms with Gasteiger partial charge in [0.05, 0.1) is 5.54 Å². The maximum absolute atomic E-state index is 12.6. The van der Waals surface area contributed by atoms with Crippen LogP contribution in [0.4, 0.5) is 0 Å². The second kappa shape index (κ2) is 4.97. The number of carbonyl (C=O) groups excluding carboxylic acids is 1. The van der Waals surface area contributed by atoms with E-state index in [9.17, 15) is 4.79 Å². The highest BCUT2D eigenvalue weighted by molar-refractivity contribution is 5.86. The van der Waals surface area contributed by atoms with Gasteiger partial charge in [-0.05, 0) is 51.0 Å². The topological polar surface area (TPSA) is 32.3 Å². The molecule has 17 heavy (non-hydrogen) atoms. The summed E-state index contributed by atoms with van der Waals surface area (Å²) in [7, 11) is 0. The standard InChI is InChI=1S/C14H26N2O/c1-11-8-12(2)10-16(9-11)13(17)14(3)6-4-5-7-15-14/h11-12,15H,4-10H2,1-3H3. The Balaban J connectivity index is 2.03. The average molecular weight is 238 g/mol. The molecule has 1 amide bonds. The largest absolute Gasteiger partial charge is 0.341 e. The van der Waals surface area contributed by atoms with Gasteiger partial charge in [-0.15, -0.1) is 0 Å². The molecule has 0 aromatic rings. The van der Waals surface area contributed by atoms with Crippen molar-refractivity contribution >= 4 is 5.91 Å². The van der Waals surface area contributed by atoms with E-state index in [4.69, 9.17) is 0 Å². The van der Waals surface area contributed by atoms with Crippen LogP contribution in [-0.4, -0.2) is 36.0 Å². The lowest BCUT2D eigenvalue weighted by Gasteiger charge is -2.42. The Hall–Kier alpha value is -0.570. The monoisotopic (exact) mass is 238 g/mol. The van der Waals surface area contributed by atoms with Gasteiger partial charge in [0.15, 0.2) is 0 Å². The van der Waals surface area contributed by atoms with Gasteiger partial charge in [0.25, 0.3) is 0 Å². The summed E-state index contributed by atoms with van der Waals surface area (Å²) in [5, 5.41) is 3.43. The first-order chi connectivity index (χ1) is 8.01. The number of hydrogen-bond donors (Lipinski definition) is 1. The number of likely N-dealkylation sites (tertiary alicyclic amines) is 1. The fourth-order valence-electron chi connectivity index (χ4n) is 3.42. The molecule has 2 fully saturated rings. The van der Waals surface area contributed by atoms with Crippen molar-refractivity contribution in [1.82, 2.24) is 10.2 Å². The molecule has 2 heterocycles. The van der Waals surface area contributed by atoms with E-state index in [1.807, 2.05) is 0 Å². The fourth-order valence-corrected chi connectivity index (χ4v) is 3.42. The predicted octanol–water partition coefficient (Wildman–Crippen LogP) is 2.02. The first-order valence-corrected chi connectivity index (χ1v) is 7.05. The molecular formula is C14H26N2O. The SMILES string of the molecule is CC1CC(C)CN(C(=O)C2(C)CCCCN2)C1. The van der Waals surface area contributed by atoms with Crippen molar-refractivity contribution in [2.45, 2.75) is 52.0 Å². The second-order valence-electron chi connectivity index (χ2n) is 6.37. The van der Waals surface area contributed by atoms with Gasteiger partial charge < -0.3 is 10.2 Å². The summed E-state index contributed by atoms with van der Waals surface area (Å²) in [6, 6.07) is 0. The lowest BCUT2D eigenvalue weighted by molar-refractivity contribution is -0.141. The highest BCUT2D eigenvalue weighted by Gasteiger charge is 2.39. The van der Waals surface area contributed by atoms with Crippen molar-refractivity contribution in [3.8, 4) is 0 Å². The molecular weight excluding hydrogens is 212 g/mol. The molecule has 0 aromatic carbocycles. The molecule has 0 bridgehead atoms. The summed E-state index contributed by atoms with van der Waals surface area (Å²) in [5.74, 6) is 1.63. The van der Waals surface area contributed by atoms with Crippen molar-refractivity contribution in [1.29, 1.82) is 0 Å². The van der Waals surface area contributed by atoms with Gasteiger partial charge in [-0.2, -0.15) is 0 Å². The summed E-state index contributed by atoms with van der Waals surface area (Å²) in [5.41, 5.74) is -0.297. The third-order valence-corrected chi connectivity index (χ3v) is 4.25. The molecule has 2 saturated heterocycles. The van der Waals surface area contributed by atoms with Gasteiger partial charge in [0, 0.05) is 13.1 Å². The molecule has 3 heteroatoms. The van der Waals surface area contributed by atoms with Crippen LogP contribution < -0.4 is 5.32 Å². The molecule has 3 atom stereocenters. The Labute approximate surface area is 105 Å². The van der Waals surface area contributed by atoms with Crippen molar-refractivity contribution < 1.29 is 4.79 Å². The molecule has 2 aliphatic rings. The van der Waals surface area contributed by atoms with Crippen LogP contribution in [0, 0.1) is 11.8 Å². The number of rotatable bonds is 1. The van der Waals surface area contributed by atoms with Gasteiger partial charge in [0.1, 0.15) is 0 Å². The summed E-state index contributed by atoms with van der Waals surface area (Å²) >= 11 is 0. The molecule has 98 valence electrons. The van der Waals surface area contributed by atoms with E-state index < -0.39 is 0 Å². The van der Waals surface area contributed by atoms with Crippen molar-refractivity contribution in [3.05, 3.63) is 0 Å². The van der Waals surface area contributed by atoms with Crippen molar-refractivity contribution in [3.63, 3.8) is 0 Å². The Bertz CT molecular complexity index is 274. The highest BCUT2D eigenvalue weighted by atomic mass is 16.2. The second-order valence-corrected chi connectivity index (χ2v) is 6.37. The van der Waals surface area contributed by atoms with E-state index >= 15 is 0 Å². The minimum Gasteiger partial charge on any atom is -0.341 e. The molecule has 0 aromatic heterocycles. The summed E-state index contributed by atoms with van der Waals surface area (Å²) in [6.07, 6.45) is 4.63. The third kappa shape index (κ3) is 2.82. The zero-order chi connectivity index (χ0) is 12.5. The van der Waals surface area contributed by atoms with Gasteiger partial charge in [-0.3, -0.25) is 4.79 Å². The van der Waals surface area contributed by atoms with E-state index in [-0.39, 0.29) is 5.54 Å². The van der Waals surface area contributed by atoms with Crippen LogP contribution in [0.2, 0.25) is 0 Å². The van der Waals surface area contributed by atoms with Gasteiger partial charge in [0.2, 0.25) is 5.91 Å². The Kier molecular flexibility index (Phi) is 3.76. The minimum atomic E-state index is -0.297. The normalized spacial score (nSPS) is 39.1. The lowest BCUT2D eigenvalue weighted by Crippen LogP contribution is -2.60. The zero-order valence-corrected chi connectivity index (χ0v) is 11.5. The van der Waals surface area contributed by atoms with E-state index in [1.165, 1.54) is 19.3 Å². The zero-order valence-electron chi connectivity index (χ0n) is 11.5. The number of nitrogens with one attached hydrogen (secondary N) is 1. The number of hydrogen-bond acceptors (Lipinski definition) is 2. The molecule has 1 N–H and O–H groups in total. The van der Waals surface area contributed by atoms with Crippen LogP contribution in [0.1, 0.15) is 46.5 Å². The molecule has 0 aliphatic carbocycles. The number of amides is 1. The highest BCUT2D eigenvalue weighted by Crippen LogP contribution is 2.26. The van der Waals surface area contributed by atoms with Gasteiger partial charge in [-0.1, -0.05) is 13.8 Å².